The van der Waals surface area contributed by atoms with E-state index in [0.29, 0.717) is 13.2 Å². The summed E-state index contributed by atoms with van der Waals surface area (Å²) in [6, 6.07) is -0.318. The van der Waals surface area contributed by atoms with E-state index in [1.54, 1.807) is 39.6 Å². The van der Waals surface area contributed by atoms with Crippen molar-refractivity contribution < 1.29 is 14.6 Å². The molecule has 0 bridgehead atoms. The number of rotatable bonds is 5. The highest BCUT2D eigenvalue weighted by molar-refractivity contribution is 5.75. The van der Waals surface area contributed by atoms with Gasteiger partial charge in [0.05, 0.1) is 12.2 Å². The number of ether oxygens (including phenoxy) is 1. The number of hydrogen-bond acceptors (Lipinski definition) is 4. The molecule has 4 nitrogen and oxygen atoms in total. The average molecular weight is 203 g/mol. The normalized spacial score (nSPS) is 14.2. The fourth-order valence-corrected chi connectivity index (χ4v) is 1.19. The van der Waals surface area contributed by atoms with Crippen LogP contribution >= 0.6 is 0 Å². The highest BCUT2D eigenvalue weighted by Gasteiger charge is 2.24. The van der Waals surface area contributed by atoms with E-state index in [2.05, 4.69) is 0 Å². The van der Waals surface area contributed by atoms with Crippen molar-refractivity contribution in [3.05, 3.63) is 0 Å². The van der Waals surface area contributed by atoms with E-state index in [1.807, 2.05) is 0 Å². The van der Waals surface area contributed by atoms with Gasteiger partial charge in [-0.2, -0.15) is 0 Å². The predicted molar refractivity (Wildman–Crippen MR) is 55.0 cm³/mol. The van der Waals surface area contributed by atoms with E-state index in [9.17, 15) is 9.90 Å². The maximum atomic E-state index is 11.3. The Morgan fingerprint density at radius 2 is 2.07 bits per heavy atom. The quantitative estimate of drug-likeness (QED) is 0.666. The van der Waals surface area contributed by atoms with E-state index >= 15 is 0 Å². The molecule has 1 unspecified atom stereocenters. The Kier molecular flexibility index (Phi) is 5.08. The minimum atomic E-state index is -0.796. The van der Waals surface area contributed by atoms with Crippen molar-refractivity contribution in [2.45, 2.75) is 39.3 Å². The molecule has 4 heteroatoms. The molecule has 0 aromatic heterocycles. The van der Waals surface area contributed by atoms with Gasteiger partial charge in [-0.05, 0) is 34.7 Å². The van der Waals surface area contributed by atoms with Crippen LogP contribution in [0.3, 0.4) is 0 Å². The maximum Gasteiger partial charge on any atom is 0.323 e. The summed E-state index contributed by atoms with van der Waals surface area (Å²) in [5.41, 5.74) is -0.796. The summed E-state index contributed by atoms with van der Waals surface area (Å²) >= 11 is 0. The molecular weight excluding hydrogens is 182 g/mol. The molecule has 0 rings (SSSR count). The Bertz CT molecular complexity index is 186. The molecular formula is C10H21NO3. The third kappa shape index (κ3) is 5.19. The van der Waals surface area contributed by atoms with Crippen molar-refractivity contribution in [1.29, 1.82) is 0 Å². The molecule has 0 fully saturated rings. The van der Waals surface area contributed by atoms with Crippen molar-refractivity contribution in [2.24, 2.45) is 0 Å². The molecule has 84 valence electrons. The van der Waals surface area contributed by atoms with Gasteiger partial charge in [-0.3, -0.25) is 9.69 Å². The van der Waals surface area contributed by atoms with Crippen molar-refractivity contribution in [1.82, 2.24) is 4.90 Å². The van der Waals surface area contributed by atoms with Crippen molar-refractivity contribution >= 4 is 5.97 Å². The van der Waals surface area contributed by atoms with E-state index < -0.39 is 5.60 Å². The Labute approximate surface area is 85.9 Å². The van der Waals surface area contributed by atoms with Gasteiger partial charge in [0.2, 0.25) is 0 Å². The van der Waals surface area contributed by atoms with Crippen LogP contribution in [0.15, 0.2) is 0 Å². The van der Waals surface area contributed by atoms with Crippen LogP contribution in [0.1, 0.15) is 27.7 Å². The Morgan fingerprint density at radius 3 is 2.43 bits per heavy atom. The zero-order valence-electron chi connectivity index (χ0n) is 9.70. The van der Waals surface area contributed by atoms with E-state index in [0.717, 1.165) is 0 Å². The number of nitrogens with zero attached hydrogens (tertiary/aromatic N) is 1. The monoisotopic (exact) mass is 203 g/mol. The zero-order chi connectivity index (χ0) is 11.4. The summed E-state index contributed by atoms with van der Waals surface area (Å²) in [4.78, 5) is 13.1. The molecule has 0 spiro atoms. The Balaban J connectivity index is 4.11. The van der Waals surface area contributed by atoms with Crippen LogP contribution in [0.2, 0.25) is 0 Å². The lowest BCUT2D eigenvalue weighted by atomic mass is 10.1. The lowest BCUT2D eigenvalue weighted by Crippen LogP contribution is -2.44. The second-order valence-electron chi connectivity index (χ2n) is 4.16. The summed E-state index contributed by atoms with van der Waals surface area (Å²) in [5.74, 6) is -0.251. The Morgan fingerprint density at radius 1 is 1.57 bits per heavy atom. The van der Waals surface area contributed by atoms with Crippen LogP contribution in [0.4, 0.5) is 0 Å². The standard InChI is InChI=1S/C10H21NO3/c1-6-14-9(12)8(2)11(5)7-10(3,4)13/h8,13H,6-7H2,1-5H3. The van der Waals surface area contributed by atoms with Gasteiger partial charge < -0.3 is 9.84 Å². The van der Waals surface area contributed by atoms with Gasteiger partial charge in [0.25, 0.3) is 0 Å². The number of likely N-dealkylation sites (N-methyl/N-ethyl adjacent to an activating group) is 1. The smallest absolute Gasteiger partial charge is 0.323 e. The molecule has 14 heavy (non-hydrogen) atoms. The third-order valence-electron chi connectivity index (χ3n) is 1.93. The number of carbonyl (C=O) groups excluding carboxylic acids is 1. The third-order valence-corrected chi connectivity index (χ3v) is 1.93. The second-order valence-corrected chi connectivity index (χ2v) is 4.16. The fourth-order valence-electron chi connectivity index (χ4n) is 1.19. The number of esters is 1. The predicted octanol–water partition coefficient (Wildman–Crippen LogP) is 0.641. The van der Waals surface area contributed by atoms with Crippen molar-refractivity contribution in [3.63, 3.8) is 0 Å². The molecule has 0 saturated carbocycles. The topological polar surface area (TPSA) is 49.8 Å². The average Bonchev–Trinajstić information content (AvgIpc) is 2.00. The second kappa shape index (κ2) is 5.32. The lowest BCUT2D eigenvalue weighted by molar-refractivity contribution is -0.149. The van der Waals surface area contributed by atoms with E-state index in [-0.39, 0.29) is 12.0 Å². The molecule has 0 aliphatic rings. The molecule has 0 aromatic rings. The maximum absolute atomic E-state index is 11.3. The summed E-state index contributed by atoms with van der Waals surface area (Å²) in [7, 11) is 1.79. The highest BCUT2D eigenvalue weighted by Crippen LogP contribution is 2.07. The molecule has 1 atom stereocenters. The van der Waals surface area contributed by atoms with Crippen molar-refractivity contribution in [2.75, 3.05) is 20.2 Å². The fraction of sp³-hybridized carbons (Fsp3) is 0.900. The first-order valence-corrected chi connectivity index (χ1v) is 4.87. The van der Waals surface area contributed by atoms with Crippen LogP contribution in [-0.4, -0.2) is 47.8 Å². The molecule has 0 amide bonds. The number of hydrogen-bond donors (Lipinski definition) is 1. The first-order chi connectivity index (χ1) is 6.28. The molecule has 0 radical (unpaired) electrons. The molecule has 0 aromatic carbocycles. The Hall–Kier alpha value is -0.610. The highest BCUT2D eigenvalue weighted by atomic mass is 16.5. The summed E-state index contributed by atoms with van der Waals surface area (Å²) in [5, 5.41) is 9.55. The number of carbonyl (C=O) groups is 1. The summed E-state index contributed by atoms with van der Waals surface area (Å²) in [6.45, 7) is 7.79. The van der Waals surface area contributed by atoms with Crippen LogP contribution in [0.5, 0.6) is 0 Å². The largest absolute Gasteiger partial charge is 0.465 e. The van der Waals surface area contributed by atoms with Crippen molar-refractivity contribution in [3.8, 4) is 0 Å². The number of aliphatic hydroxyl groups is 1. The van der Waals surface area contributed by atoms with Crippen LogP contribution in [0, 0.1) is 0 Å². The molecule has 0 heterocycles. The van der Waals surface area contributed by atoms with Gasteiger partial charge in [0, 0.05) is 6.54 Å². The lowest BCUT2D eigenvalue weighted by Gasteiger charge is -2.28. The zero-order valence-corrected chi connectivity index (χ0v) is 9.70. The van der Waals surface area contributed by atoms with Gasteiger partial charge in [0.1, 0.15) is 6.04 Å². The van der Waals surface area contributed by atoms with Gasteiger partial charge in [-0.15, -0.1) is 0 Å². The summed E-state index contributed by atoms with van der Waals surface area (Å²) < 4.78 is 4.88. The molecule has 1 N–H and O–H groups in total. The van der Waals surface area contributed by atoms with Gasteiger partial charge in [-0.25, -0.2) is 0 Å². The molecule has 0 aliphatic carbocycles. The van der Waals surface area contributed by atoms with Gasteiger partial charge in [-0.1, -0.05) is 0 Å². The van der Waals surface area contributed by atoms with Crippen LogP contribution < -0.4 is 0 Å². The van der Waals surface area contributed by atoms with Crippen LogP contribution in [0.25, 0.3) is 0 Å². The van der Waals surface area contributed by atoms with E-state index in [4.69, 9.17) is 4.74 Å². The van der Waals surface area contributed by atoms with Gasteiger partial charge in [0.15, 0.2) is 0 Å². The summed E-state index contributed by atoms with van der Waals surface area (Å²) in [6.07, 6.45) is 0. The molecule has 0 aliphatic heterocycles. The van der Waals surface area contributed by atoms with Crippen LogP contribution in [-0.2, 0) is 9.53 Å². The SMILES string of the molecule is CCOC(=O)C(C)N(C)CC(C)(C)O. The first kappa shape index (κ1) is 13.4. The van der Waals surface area contributed by atoms with E-state index in [1.165, 1.54) is 0 Å². The minimum Gasteiger partial charge on any atom is -0.465 e. The first-order valence-electron chi connectivity index (χ1n) is 4.87. The minimum absolute atomic E-state index is 0.251. The molecule has 0 saturated heterocycles. The van der Waals surface area contributed by atoms with Gasteiger partial charge >= 0.3 is 5.97 Å².